The van der Waals surface area contributed by atoms with Crippen molar-refractivity contribution in [1.29, 1.82) is 0 Å². The highest BCUT2D eigenvalue weighted by atomic mass is 32.2. The normalized spacial score (nSPS) is 20.0. The van der Waals surface area contributed by atoms with Crippen molar-refractivity contribution >= 4 is 23.6 Å². The Bertz CT molecular complexity index is 1580. The molecule has 3 N–H and O–H groups in total. The molecule has 1 aromatic heterocycles. The van der Waals surface area contributed by atoms with Gasteiger partial charge in [-0.25, -0.2) is 9.78 Å². The van der Waals surface area contributed by atoms with Crippen LogP contribution in [-0.2, 0) is 27.4 Å². The maximum atomic E-state index is 11.8. The number of amides is 1. The molecule has 4 atom stereocenters. The first-order valence-corrected chi connectivity index (χ1v) is 15.1. The summed E-state index contributed by atoms with van der Waals surface area (Å²) in [5.41, 5.74) is 5.79. The molecule has 0 radical (unpaired) electrons. The molecular weight excluding hydrogens is 564 g/mol. The van der Waals surface area contributed by atoms with E-state index in [1.807, 2.05) is 60.7 Å². The number of rotatable bonds is 10. The highest BCUT2D eigenvalue weighted by molar-refractivity contribution is 7.99. The quantitative estimate of drug-likeness (QED) is 0.186. The van der Waals surface area contributed by atoms with E-state index in [0.717, 1.165) is 33.4 Å². The third-order valence-electron chi connectivity index (χ3n) is 7.47. The van der Waals surface area contributed by atoms with Crippen LogP contribution in [0.4, 0.5) is 0 Å². The number of nitrogens with zero attached hydrogens (tertiary/aromatic N) is 1. The van der Waals surface area contributed by atoms with Crippen LogP contribution in [0.5, 0.6) is 0 Å². The molecule has 0 saturated carbocycles. The van der Waals surface area contributed by atoms with Gasteiger partial charge in [0.25, 0.3) is 0 Å². The molecular formula is C34H34N2O6S. The van der Waals surface area contributed by atoms with Crippen molar-refractivity contribution in [2.75, 3.05) is 5.75 Å². The molecule has 0 bridgehead atoms. The predicted molar refractivity (Wildman–Crippen MR) is 164 cm³/mol. The fourth-order valence-corrected chi connectivity index (χ4v) is 6.24. The number of aliphatic hydroxyl groups excluding tert-OH is 1. The van der Waals surface area contributed by atoms with Gasteiger partial charge in [0.1, 0.15) is 5.03 Å². The standard InChI is InChI=1S/C34H34N2O6S/c1-21-30(20-43-32-29(33(39)40)10-5-15-35-32)41-34(42-31(21)25-13-11-23(19-37)12-14-25)28-9-4-8-27(17-28)26-7-3-6-24(16-26)18-36-22(2)38/h3-17,21,30-31,34,37H,18-20H2,1-2H3,(H,36,38)(H,39,40)/t21-,30+,31+,34+/m0/s1. The van der Waals surface area contributed by atoms with Crippen molar-refractivity contribution in [3.8, 4) is 11.1 Å². The van der Waals surface area contributed by atoms with Gasteiger partial charge in [0.15, 0.2) is 6.29 Å². The Hall–Kier alpha value is -4.02. The summed E-state index contributed by atoms with van der Waals surface area (Å²) in [6, 6.07) is 26.9. The molecule has 0 unspecified atom stereocenters. The van der Waals surface area contributed by atoms with Crippen LogP contribution >= 0.6 is 11.8 Å². The Morgan fingerprint density at radius 3 is 2.37 bits per heavy atom. The van der Waals surface area contributed by atoms with E-state index in [4.69, 9.17) is 9.47 Å². The average molecular weight is 599 g/mol. The van der Waals surface area contributed by atoms with Crippen LogP contribution < -0.4 is 5.32 Å². The van der Waals surface area contributed by atoms with Gasteiger partial charge in [-0.15, -0.1) is 11.8 Å². The summed E-state index contributed by atoms with van der Waals surface area (Å²) in [7, 11) is 0. The van der Waals surface area contributed by atoms with E-state index in [-0.39, 0.29) is 36.2 Å². The molecule has 0 aliphatic carbocycles. The highest BCUT2D eigenvalue weighted by Crippen LogP contribution is 2.43. The monoisotopic (exact) mass is 598 g/mol. The molecule has 5 rings (SSSR count). The lowest BCUT2D eigenvalue weighted by molar-refractivity contribution is -0.268. The SMILES string of the molecule is CC(=O)NCc1cccc(-c2cccc([C@@H]3O[C@H](CSc4ncccc4C(=O)O)[C@H](C)[C@H](c4ccc(CO)cc4)O3)c2)c1. The Kier molecular flexibility index (Phi) is 9.89. The van der Waals surface area contributed by atoms with Crippen LogP contribution in [0.15, 0.2) is 96.2 Å². The maximum Gasteiger partial charge on any atom is 0.338 e. The Morgan fingerprint density at radius 2 is 1.65 bits per heavy atom. The lowest BCUT2D eigenvalue weighted by Gasteiger charge is -2.41. The topological polar surface area (TPSA) is 118 Å². The van der Waals surface area contributed by atoms with Crippen LogP contribution in [0, 0.1) is 5.92 Å². The molecule has 1 aliphatic heterocycles. The summed E-state index contributed by atoms with van der Waals surface area (Å²) in [5, 5.41) is 22.4. The van der Waals surface area contributed by atoms with E-state index in [2.05, 4.69) is 29.4 Å². The van der Waals surface area contributed by atoms with Crippen molar-refractivity contribution in [3.63, 3.8) is 0 Å². The Balaban J connectivity index is 1.43. The summed E-state index contributed by atoms with van der Waals surface area (Å²) in [4.78, 5) is 27.5. The van der Waals surface area contributed by atoms with Crippen LogP contribution in [0.2, 0.25) is 0 Å². The second kappa shape index (κ2) is 14.0. The van der Waals surface area contributed by atoms with E-state index in [0.29, 0.717) is 17.3 Å². The first-order valence-electron chi connectivity index (χ1n) is 14.1. The average Bonchev–Trinajstić information content (AvgIpc) is 3.03. The smallest absolute Gasteiger partial charge is 0.338 e. The van der Waals surface area contributed by atoms with Gasteiger partial charge in [0, 0.05) is 36.9 Å². The van der Waals surface area contributed by atoms with Crippen LogP contribution in [0.1, 0.15) is 58.9 Å². The van der Waals surface area contributed by atoms with Gasteiger partial charge in [-0.3, -0.25) is 4.79 Å². The number of aromatic nitrogens is 1. The number of carbonyl (C=O) groups excluding carboxylic acids is 1. The number of nitrogens with one attached hydrogen (secondary N) is 1. The number of ether oxygens (including phenoxy) is 2. The highest BCUT2D eigenvalue weighted by Gasteiger charge is 2.38. The lowest BCUT2D eigenvalue weighted by atomic mass is 9.91. The summed E-state index contributed by atoms with van der Waals surface area (Å²) in [6.07, 6.45) is 0.340. The van der Waals surface area contributed by atoms with Gasteiger partial charge in [-0.1, -0.05) is 67.6 Å². The fraction of sp³-hybridized carbons (Fsp3) is 0.265. The van der Waals surface area contributed by atoms with E-state index < -0.39 is 12.3 Å². The Labute approximate surface area is 255 Å². The largest absolute Gasteiger partial charge is 0.478 e. The molecule has 1 aliphatic rings. The number of carboxylic acids is 1. The van der Waals surface area contributed by atoms with Crippen molar-refractivity contribution in [2.45, 2.75) is 50.5 Å². The third-order valence-corrected chi connectivity index (χ3v) is 8.56. The number of carbonyl (C=O) groups is 2. The second-order valence-corrected chi connectivity index (χ2v) is 11.5. The summed E-state index contributed by atoms with van der Waals surface area (Å²) in [6.45, 7) is 3.98. The zero-order valence-corrected chi connectivity index (χ0v) is 24.8. The molecule has 2 heterocycles. The summed E-state index contributed by atoms with van der Waals surface area (Å²) in [5.74, 6) is -0.679. The molecule has 9 heteroatoms. The van der Waals surface area contributed by atoms with E-state index in [1.54, 1.807) is 18.3 Å². The van der Waals surface area contributed by atoms with Crippen molar-refractivity contribution < 1.29 is 29.3 Å². The first kappa shape index (κ1) is 30.4. The fourth-order valence-electron chi connectivity index (χ4n) is 5.09. The predicted octanol–water partition coefficient (Wildman–Crippen LogP) is 6.16. The maximum absolute atomic E-state index is 11.8. The van der Waals surface area contributed by atoms with Gasteiger partial charge in [-0.05, 0) is 52.1 Å². The summed E-state index contributed by atoms with van der Waals surface area (Å²) >= 11 is 1.36. The van der Waals surface area contributed by atoms with Gasteiger partial charge in [-0.2, -0.15) is 0 Å². The number of aliphatic hydroxyl groups is 1. The first-order chi connectivity index (χ1) is 20.8. The second-order valence-electron chi connectivity index (χ2n) is 10.5. The van der Waals surface area contributed by atoms with Crippen molar-refractivity contribution in [2.24, 2.45) is 5.92 Å². The minimum Gasteiger partial charge on any atom is -0.478 e. The number of hydrogen-bond donors (Lipinski definition) is 3. The molecule has 222 valence electrons. The van der Waals surface area contributed by atoms with Gasteiger partial charge in [0.05, 0.1) is 24.4 Å². The number of benzene rings is 3. The zero-order valence-electron chi connectivity index (χ0n) is 24.0. The molecule has 3 aromatic carbocycles. The lowest BCUT2D eigenvalue weighted by Crippen LogP contribution is -2.38. The van der Waals surface area contributed by atoms with E-state index in [9.17, 15) is 19.8 Å². The zero-order chi connectivity index (χ0) is 30.3. The van der Waals surface area contributed by atoms with Crippen LogP contribution in [-0.4, -0.2) is 38.9 Å². The van der Waals surface area contributed by atoms with Crippen molar-refractivity contribution in [3.05, 3.63) is 119 Å². The summed E-state index contributed by atoms with van der Waals surface area (Å²) < 4.78 is 13.2. The number of carboxylic acid groups (broad SMARTS) is 1. The van der Waals surface area contributed by atoms with Crippen LogP contribution in [0.3, 0.4) is 0 Å². The number of hydrogen-bond acceptors (Lipinski definition) is 7. The molecule has 4 aromatic rings. The van der Waals surface area contributed by atoms with Gasteiger partial charge in [0.2, 0.25) is 5.91 Å². The Morgan fingerprint density at radius 1 is 0.907 bits per heavy atom. The minimum atomic E-state index is -1.02. The van der Waals surface area contributed by atoms with E-state index in [1.165, 1.54) is 18.7 Å². The molecule has 1 saturated heterocycles. The van der Waals surface area contributed by atoms with Gasteiger partial charge >= 0.3 is 5.97 Å². The minimum absolute atomic E-state index is 0.0405. The van der Waals surface area contributed by atoms with Crippen LogP contribution in [0.25, 0.3) is 11.1 Å². The third kappa shape index (κ3) is 7.50. The number of thioether (sulfide) groups is 1. The molecule has 8 nitrogen and oxygen atoms in total. The number of aromatic carboxylic acids is 1. The molecule has 1 fully saturated rings. The van der Waals surface area contributed by atoms with E-state index >= 15 is 0 Å². The molecule has 1 amide bonds. The molecule has 43 heavy (non-hydrogen) atoms. The molecule has 0 spiro atoms. The van der Waals surface area contributed by atoms with Gasteiger partial charge < -0.3 is 25.0 Å². The number of pyridine rings is 1. The van der Waals surface area contributed by atoms with Crippen molar-refractivity contribution in [1.82, 2.24) is 10.3 Å².